The molecule has 0 atom stereocenters. The highest BCUT2D eigenvalue weighted by atomic mass is 19.2. The summed E-state index contributed by atoms with van der Waals surface area (Å²) < 4.78 is 27.5. The summed E-state index contributed by atoms with van der Waals surface area (Å²) in [5, 5.41) is 0. The van der Waals surface area contributed by atoms with Gasteiger partial charge in [0, 0.05) is 29.2 Å². The van der Waals surface area contributed by atoms with Crippen molar-refractivity contribution in [2.24, 2.45) is 0 Å². The van der Waals surface area contributed by atoms with Crippen molar-refractivity contribution >= 4 is 25.2 Å². The fourth-order valence-corrected chi connectivity index (χ4v) is 2.17. The van der Waals surface area contributed by atoms with Crippen LogP contribution in [0.5, 0.6) is 0 Å². The van der Waals surface area contributed by atoms with Crippen LogP contribution in [0.15, 0.2) is 54.5 Å². The zero-order valence-electron chi connectivity index (χ0n) is 12.1. The van der Waals surface area contributed by atoms with Gasteiger partial charge in [-0.25, -0.2) is 8.78 Å². The topological polar surface area (TPSA) is 20.3 Å². The van der Waals surface area contributed by atoms with Gasteiger partial charge in [0.15, 0.2) is 11.6 Å². The summed E-state index contributed by atoms with van der Waals surface area (Å²) in [5.41, 5.74) is 1.79. The fourth-order valence-electron chi connectivity index (χ4n) is 2.17. The van der Waals surface area contributed by atoms with Crippen LogP contribution in [0.4, 0.5) is 8.78 Å². The van der Waals surface area contributed by atoms with Crippen LogP contribution in [0, 0.1) is 11.6 Å². The van der Waals surface area contributed by atoms with Gasteiger partial charge in [-0.2, -0.15) is 0 Å². The zero-order valence-corrected chi connectivity index (χ0v) is 12.1. The van der Waals surface area contributed by atoms with E-state index in [-0.39, 0.29) is 11.0 Å². The number of carbonyl (C=O) groups excluding carboxylic acids is 1. The van der Waals surface area contributed by atoms with Crippen molar-refractivity contribution in [2.45, 2.75) is 13.3 Å². The summed E-state index contributed by atoms with van der Waals surface area (Å²) in [6.45, 7) is 5.65. The van der Waals surface area contributed by atoms with Crippen LogP contribution in [0.25, 0.3) is 5.57 Å². The molecule has 0 N–H and O–H groups in total. The monoisotopic (exact) mass is 297 g/mol. The van der Waals surface area contributed by atoms with Crippen LogP contribution in [-0.4, -0.2) is 19.0 Å². The molecule has 1 heterocycles. The molecule has 1 aliphatic rings. The van der Waals surface area contributed by atoms with E-state index < -0.39 is 11.6 Å². The Labute approximate surface area is 129 Å². The van der Waals surface area contributed by atoms with Gasteiger partial charge in [-0.1, -0.05) is 25.0 Å². The SMILES string of the molecule is [B]c1ccc(F)c(F)c1/C(=C/N1C=CC(C=O)=CC1=C)CC. The van der Waals surface area contributed by atoms with Crippen LogP contribution in [0.3, 0.4) is 0 Å². The van der Waals surface area contributed by atoms with Crippen LogP contribution in [-0.2, 0) is 4.79 Å². The molecule has 1 aromatic rings. The predicted molar refractivity (Wildman–Crippen MR) is 84.3 cm³/mol. The number of allylic oxidation sites excluding steroid dienone is 4. The lowest BCUT2D eigenvalue weighted by molar-refractivity contribution is -0.104. The van der Waals surface area contributed by atoms with Crippen molar-refractivity contribution in [3.05, 3.63) is 71.7 Å². The van der Waals surface area contributed by atoms with Gasteiger partial charge in [0.1, 0.15) is 14.1 Å². The third-order valence-corrected chi connectivity index (χ3v) is 3.35. The standard InChI is InChI=1S/C17H14BF2NO/c1-3-13(16-14(18)4-5-15(19)17(16)20)9-21-7-6-12(10-22)8-11(21)2/h4-10H,2-3H2,1H3/b13-9+. The predicted octanol–water partition coefficient (Wildman–Crippen LogP) is 2.98. The lowest BCUT2D eigenvalue weighted by Gasteiger charge is -2.22. The number of halogens is 2. The number of benzene rings is 1. The molecule has 2 rings (SSSR count). The molecular weight excluding hydrogens is 283 g/mol. The van der Waals surface area contributed by atoms with E-state index in [9.17, 15) is 13.6 Å². The maximum Gasteiger partial charge on any atom is 0.165 e. The number of aldehydes is 1. The van der Waals surface area contributed by atoms with E-state index in [0.717, 1.165) is 6.07 Å². The van der Waals surface area contributed by atoms with E-state index in [1.54, 1.807) is 29.5 Å². The number of hydrogen-bond donors (Lipinski definition) is 0. The summed E-state index contributed by atoms with van der Waals surface area (Å²) in [4.78, 5) is 12.4. The minimum Gasteiger partial charge on any atom is -0.324 e. The summed E-state index contributed by atoms with van der Waals surface area (Å²) in [6.07, 6.45) is 7.64. The molecule has 0 fully saturated rings. The van der Waals surface area contributed by atoms with Gasteiger partial charge in [0.05, 0.1) is 0 Å². The smallest absolute Gasteiger partial charge is 0.165 e. The van der Waals surface area contributed by atoms with Gasteiger partial charge in [-0.05, 0) is 30.2 Å². The Kier molecular flexibility index (Phi) is 4.76. The average molecular weight is 297 g/mol. The Hall–Kier alpha value is -2.43. The molecule has 5 heteroatoms. The number of carbonyl (C=O) groups is 1. The van der Waals surface area contributed by atoms with E-state index in [1.807, 2.05) is 6.92 Å². The van der Waals surface area contributed by atoms with Gasteiger partial charge in [-0.15, -0.1) is 0 Å². The van der Waals surface area contributed by atoms with Gasteiger partial charge in [0.25, 0.3) is 0 Å². The lowest BCUT2D eigenvalue weighted by atomic mass is 9.86. The second-order valence-electron chi connectivity index (χ2n) is 4.81. The molecule has 0 bridgehead atoms. The molecular formula is C17H14BF2NO. The fraction of sp³-hybridized carbons (Fsp3) is 0.118. The molecule has 0 unspecified atom stereocenters. The largest absolute Gasteiger partial charge is 0.324 e. The van der Waals surface area contributed by atoms with Gasteiger partial charge in [-0.3, -0.25) is 4.79 Å². The number of rotatable bonds is 4. The minimum atomic E-state index is -0.969. The van der Waals surface area contributed by atoms with Crippen molar-refractivity contribution in [1.82, 2.24) is 4.90 Å². The van der Waals surface area contributed by atoms with Crippen LogP contribution in [0.1, 0.15) is 18.9 Å². The second-order valence-corrected chi connectivity index (χ2v) is 4.81. The summed E-state index contributed by atoms with van der Waals surface area (Å²) in [5.74, 6) is -1.91. The second kappa shape index (κ2) is 6.56. The molecule has 0 saturated carbocycles. The van der Waals surface area contributed by atoms with E-state index in [0.29, 0.717) is 29.6 Å². The first-order valence-electron chi connectivity index (χ1n) is 6.74. The number of nitrogens with zero attached hydrogens (tertiary/aromatic N) is 1. The molecule has 1 aliphatic heterocycles. The summed E-state index contributed by atoms with van der Waals surface area (Å²) in [7, 11) is 5.79. The third kappa shape index (κ3) is 3.08. The highest BCUT2D eigenvalue weighted by molar-refractivity contribution is 6.34. The van der Waals surface area contributed by atoms with E-state index in [4.69, 9.17) is 7.85 Å². The molecule has 0 spiro atoms. The summed E-state index contributed by atoms with van der Waals surface area (Å²) >= 11 is 0. The molecule has 0 saturated heterocycles. The third-order valence-electron chi connectivity index (χ3n) is 3.35. The van der Waals surface area contributed by atoms with Crippen molar-refractivity contribution in [3.63, 3.8) is 0 Å². The molecule has 22 heavy (non-hydrogen) atoms. The van der Waals surface area contributed by atoms with E-state index >= 15 is 0 Å². The van der Waals surface area contributed by atoms with E-state index in [1.165, 1.54) is 6.07 Å². The van der Waals surface area contributed by atoms with Crippen molar-refractivity contribution in [1.29, 1.82) is 0 Å². The maximum absolute atomic E-state index is 14.1. The van der Waals surface area contributed by atoms with Gasteiger partial charge in [0.2, 0.25) is 0 Å². The first kappa shape index (κ1) is 16.0. The lowest BCUT2D eigenvalue weighted by Crippen LogP contribution is -2.16. The molecule has 110 valence electrons. The molecule has 1 aromatic carbocycles. The highest BCUT2D eigenvalue weighted by Crippen LogP contribution is 2.24. The minimum absolute atomic E-state index is 0.0499. The molecule has 2 radical (unpaired) electrons. The Morgan fingerprint density at radius 1 is 1.41 bits per heavy atom. The first-order chi connectivity index (χ1) is 10.5. The Bertz CT molecular complexity index is 720. The Morgan fingerprint density at radius 3 is 2.73 bits per heavy atom. The maximum atomic E-state index is 14.1. The normalized spacial score (nSPS) is 15.0. The Morgan fingerprint density at radius 2 is 2.14 bits per heavy atom. The Balaban J connectivity index is 2.44. The highest BCUT2D eigenvalue weighted by Gasteiger charge is 2.15. The van der Waals surface area contributed by atoms with Crippen LogP contribution < -0.4 is 5.46 Å². The van der Waals surface area contributed by atoms with Crippen molar-refractivity contribution in [2.75, 3.05) is 0 Å². The molecule has 0 amide bonds. The van der Waals surface area contributed by atoms with E-state index in [2.05, 4.69) is 6.58 Å². The average Bonchev–Trinajstić information content (AvgIpc) is 2.51. The van der Waals surface area contributed by atoms with Crippen molar-refractivity contribution < 1.29 is 13.6 Å². The number of hydrogen-bond acceptors (Lipinski definition) is 2. The van der Waals surface area contributed by atoms with Gasteiger partial charge < -0.3 is 4.90 Å². The molecule has 2 nitrogen and oxygen atoms in total. The van der Waals surface area contributed by atoms with Crippen molar-refractivity contribution in [3.8, 4) is 0 Å². The quantitative estimate of drug-likeness (QED) is 0.629. The van der Waals surface area contributed by atoms with Crippen LogP contribution in [0.2, 0.25) is 0 Å². The molecule has 0 aliphatic carbocycles. The first-order valence-corrected chi connectivity index (χ1v) is 6.74. The van der Waals surface area contributed by atoms with Gasteiger partial charge >= 0.3 is 0 Å². The molecule has 0 aromatic heterocycles. The van der Waals surface area contributed by atoms with Crippen LogP contribution >= 0.6 is 0 Å². The summed E-state index contributed by atoms with van der Waals surface area (Å²) in [6, 6.07) is 2.34. The zero-order chi connectivity index (χ0) is 16.3.